The molecule has 0 fully saturated rings. The van der Waals surface area contributed by atoms with Gasteiger partial charge in [0.2, 0.25) is 0 Å². The van der Waals surface area contributed by atoms with Crippen LogP contribution in [0.25, 0.3) is 11.1 Å². The summed E-state index contributed by atoms with van der Waals surface area (Å²) in [7, 11) is 0. The quantitative estimate of drug-likeness (QED) is 0.583. The number of benzene rings is 1. The molecule has 1 aliphatic rings. The monoisotopic (exact) mass is 415 g/mol. The summed E-state index contributed by atoms with van der Waals surface area (Å²) in [6.07, 6.45) is 2.97. The van der Waals surface area contributed by atoms with E-state index in [-0.39, 0.29) is 5.97 Å². The van der Waals surface area contributed by atoms with Gasteiger partial charge in [0, 0.05) is 10.0 Å². The number of halogens is 1. The third-order valence-corrected chi connectivity index (χ3v) is 4.82. The molecule has 0 saturated heterocycles. The van der Waals surface area contributed by atoms with Gasteiger partial charge in [-0.05, 0) is 74.6 Å². The number of nitrogens with zero attached hydrogens (tertiary/aromatic N) is 1. The van der Waals surface area contributed by atoms with Gasteiger partial charge in [-0.25, -0.2) is 9.78 Å². The van der Waals surface area contributed by atoms with Gasteiger partial charge in [-0.2, -0.15) is 0 Å². The first-order valence-electron chi connectivity index (χ1n) is 8.93. The van der Waals surface area contributed by atoms with Gasteiger partial charge in [-0.1, -0.05) is 22.0 Å². The number of aromatic nitrogens is 1. The Morgan fingerprint density at radius 3 is 2.69 bits per heavy atom. The zero-order chi connectivity index (χ0) is 18.5. The molecule has 26 heavy (non-hydrogen) atoms. The number of carbonyl (C=O) groups is 1. The fraction of sp³-hybridized carbons (Fsp3) is 0.333. The molecule has 3 rings (SSSR count). The van der Waals surface area contributed by atoms with Crippen LogP contribution in [0, 0.1) is 0 Å². The number of ether oxygens (including phenoxy) is 2. The summed E-state index contributed by atoms with van der Waals surface area (Å²) in [5.74, 6) is 0.499. The maximum absolute atomic E-state index is 12.0. The van der Waals surface area contributed by atoms with Gasteiger partial charge in [-0.15, -0.1) is 0 Å². The summed E-state index contributed by atoms with van der Waals surface area (Å²) in [6.45, 7) is 4.74. The predicted molar refractivity (Wildman–Crippen MR) is 106 cm³/mol. The molecule has 1 aliphatic carbocycles. The fourth-order valence-corrected chi connectivity index (χ4v) is 3.63. The lowest BCUT2D eigenvalue weighted by molar-refractivity contribution is 0.0519. The van der Waals surface area contributed by atoms with Crippen LogP contribution in [0.4, 0.5) is 0 Å². The van der Waals surface area contributed by atoms with Crippen LogP contribution in [0.3, 0.4) is 0 Å². The van der Waals surface area contributed by atoms with Crippen molar-refractivity contribution in [3.8, 4) is 5.75 Å². The van der Waals surface area contributed by atoms with Crippen molar-refractivity contribution in [2.75, 3.05) is 13.2 Å². The van der Waals surface area contributed by atoms with Crippen molar-refractivity contribution >= 4 is 33.0 Å². The first kappa shape index (κ1) is 18.6. The van der Waals surface area contributed by atoms with Crippen molar-refractivity contribution in [3.05, 3.63) is 57.8 Å². The minimum absolute atomic E-state index is 0.342. The third-order valence-electron chi connectivity index (χ3n) is 4.33. The topological polar surface area (TPSA) is 48.4 Å². The molecule has 1 aromatic carbocycles. The summed E-state index contributed by atoms with van der Waals surface area (Å²) in [6, 6.07) is 11.6. The normalized spacial score (nSPS) is 13.8. The molecule has 0 amide bonds. The number of rotatable bonds is 6. The third kappa shape index (κ3) is 3.98. The number of allylic oxidation sites excluding steroid dienone is 2. The second kappa shape index (κ2) is 8.49. The standard InChI is InChI=1S/C21H22BrNO3/c1-3-25-20-12-11-14(22)13-17(20)15-7-5-8-16(15)18-9-6-10-19(23-18)21(24)26-4-2/h6,9-13H,3-5,7-8H2,1-2H3. The minimum atomic E-state index is -0.382. The first-order chi connectivity index (χ1) is 12.6. The molecule has 0 spiro atoms. The molecule has 136 valence electrons. The van der Waals surface area contributed by atoms with E-state index in [1.54, 1.807) is 13.0 Å². The summed E-state index contributed by atoms with van der Waals surface area (Å²) in [5, 5.41) is 0. The smallest absolute Gasteiger partial charge is 0.356 e. The Bertz CT molecular complexity index is 845. The molecule has 0 aliphatic heterocycles. The number of hydrogen-bond donors (Lipinski definition) is 0. The highest BCUT2D eigenvalue weighted by molar-refractivity contribution is 9.10. The Morgan fingerprint density at radius 1 is 1.12 bits per heavy atom. The van der Waals surface area contributed by atoms with Gasteiger partial charge in [0.05, 0.1) is 18.9 Å². The Labute approximate surface area is 162 Å². The van der Waals surface area contributed by atoms with Crippen LogP contribution < -0.4 is 4.74 Å². The van der Waals surface area contributed by atoms with Crippen LogP contribution in [0.1, 0.15) is 54.9 Å². The summed E-state index contributed by atoms with van der Waals surface area (Å²) in [4.78, 5) is 16.6. The molecule has 5 heteroatoms. The zero-order valence-corrected chi connectivity index (χ0v) is 16.6. The lowest BCUT2D eigenvalue weighted by atomic mass is 9.99. The van der Waals surface area contributed by atoms with Gasteiger partial charge < -0.3 is 9.47 Å². The molecule has 0 atom stereocenters. The summed E-state index contributed by atoms with van der Waals surface area (Å²) < 4.78 is 11.9. The second-order valence-electron chi connectivity index (χ2n) is 6.01. The maximum Gasteiger partial charge on any atom is 0.356 e. The van der Waals surface area contributed by atoms with Crippen LogP contribution in [0.2, 0.25) is 0 Å². The van der Waals surface area contributed by atoms with Gasteiger partial charge in [0.25, 0.3) is 0 Å². The molecule has 0 N–H and O–H groups in total. The molecule has 0 saturated carbocycles. The van der Waals surface area contributed by atoms with Crippen LogP contribution >= 0.6 is 15.9 Å². The van der Waals surface area contributed by atoms with E-state index in [4.69, 9.17) is 9.47 Å². The van der Waals surface area contributed by atoms with E-state index in [1.807, 2.05) is 31.2 Å². The molecule has 1 heterocycles. The summed E-state index contributed by atoms with van der Waals surface area (Å²) >= 11 is 3.56. The maximum atomic E-state index is 12.0. The van der Waals surface area contributed by atoms with Crippen molar-refractivity contribution in [2.45, 2.75) is 33.1 Å². The van der Waals surface area contributed by atoms with E-state index in [0.29, 0.717) is 18.9 Å². The van der Waals surface area contributed by atoms with Crippen molar-refractivity contribution in [1.82, 2.24) is 4.98 Å². The van der Waals surface area contributed by atoms with E-state index in [9.17, 15) is 4.79 Å². The van der Waals surface area contributed by atoms with Gasteiger partial charge in [0.15, 0.2) is 0 Å². The largest absolute Gasteiger partial charge is 0.493 e. The van der Waals surface area contributed by atoms with E-state index in [1.165, 1.54) is 11.1 Å². The molecular weight excluding hydrogens is 394 g/mol. The summed E-state index contributed by atoms with van der Waals surface area (Å²) in [5.41, 5.74) is 4.70. The average molecular weight is 416 g/mol. The van der Waals surface area contributed by atoms with Gasteiger partial charge in [-0.3, -0.25) is 0 Å². The lowest BCUT2D eigenvalue weighted by Gasteiger charge is -2.14. The van der Waals surface area contributed by atoms with Gasteiger partial charge in [0.1, 0.15) is 11.4 Å². The molecule has 0 radical (unpaired) electrons. The van der Waals surface area contributed by atoms with Crippen molar-refractivity contribution < 1.29 is 14.3 Å². The minimum Gasteiger partial charge on any atom is -0.493 e. The van der Waals surface area contributed by atoms with E-state index in [0.717, 1.165) is 40.7 Å². The van der Waals surface area contributed by atoms with Crippen LogP contribution in [0.5, 0.6) is 5.75 Å². The SMILES string of the molecule is CCOC(=O)c1cccc(C2=C(c3cc(Br)ccc3OCC)CCC2)n1. The van der Waals surface area contributed by atoms with Crippen molar-refractivity contribution in [3.63, 3.8) is 0 Å². The van der Waals surface area contributed by atoms with Crippen molar-refractivity contribution in [1.29, 1.82) is 0 Å². The molecular formula is C21H22BrNO3. The van der Waals surface area contributed by atoms with Crippen LogP contribution in [-0.4, -0.2) is 24.2 Å². The highest BCUT2D eigenvalue weighted by atomic mass is 79.9. The molecule has 4 nitrogen and oxygen atoms in total. The highest BCUT2D eigenvalue weighted by Gasteiger charge is 2.22. The molecule has 0 bridgehead atoms. The fourth-order valence-electron chi connectivity index (χ4n) is 3.26. The second-order valence-corrected chi connectivity index (χ2v) is 6.93. The van der Waals surface area contributed by atoms with E-state index in [2.05, 4.69) is 27.0 Å². The number of hydrogen-bond acceptors (Lipinski definition) is 4. The van der Waals surface area contributed by atoms with Crippen LogP contribution in [0.15, 0.2) is 40.9 Å². The van der Waals surface area contributed by atoms with Crippen LogP contribution in [-0.2, 0) is 4.74 Å². The van der Waals surface area contributed by atoms with E-state index < -0.39 is 0 Å². The Hall–Kier alpha value is -2.14. The molecule has 0 unspecified atom stereocenters. The first-order valence-corrected chi connectivity index (χ1v) is 9.72. The average Bonchev–Trinajstić information content (AvgIpc) is 3.13. The Kier molecular flexibility index (Phi) is 6.09. The molecule has 1 aromatic heterocycles. The molecule has 2 aromatic rings. The number of carbonyl (C=O) groups excluding carboxylic acids is 1. The van der Waals surface area contributed by atoms with E-state index >= 15 is 0 Å². The van der Waals surface area contributed by atoms with Gasteiger partial charge >= 0.3 is 5.97 Å². The Morgan fingerprint density at radius 2 is 1.92 bits per heavy atom. The lowest BCUT2D eigenvalue weighted by Crippen LogP contribution is -2.08. The highest BCUT2D eigenvalue weighted by Crippen LogP contribution is 2.43. The predicted octanol–water partition coefficient (Wildman–Crippen LogP) is 5.51. The zero-order valence-electron chi connectivity index (χ0n) is 15.0. The number of pyridine rings is 1. The Balaban J connectivity index is 2.06. The van der Waals surface area contributed by atoms with Crippen molar-refractivity contribution in [2.24, 2.45) is 0 Å². The number of esters is 1.